The molecule has 204 valence electrons. The van der Waals surface area contributed by atoms with Crippen LogP contribution < -0.4 is 9.47 Å². The van der Waals surface area contributed by atoms with Gasteiger partial charge in [-0.2, -0.15) is 8.78 Å². The molecule has 3 aromatic rings. The van der Waals surface area contributed by atoms with Crippen LogP contribution in [0.4, 0.5) is 26.3 Å². The van der Waals surface area contributed by atoms with Gasteiger partial charge < -0.3 is 9.47 Å². The first-order valence-electron chi connectivity index (χ1n) is 12.9. The number of unbranched alkanes of at least 4 members (excludes halogenated alkanes) is 1. The highest BCUT2D eigenvalue weighted by atomic mass is 19.3. The molecule has 0 heterocycles. The van der Waals surface area contributed by atoms with E-state index in [-0.39, 0.29) is 39.7 Å². The molecule has 4 rings (SSSR count). The zero-order valence-electron chi connectivity index (χ0n) is 21.3. The topological polar surface area (TPSA) is 18.5 Å². The van der Waals surface area contributed by atoms with E-state index >= 15 is 8.78 Å². The maximum atomic E-state index is 15.8. The second-order valence-electron chi connectivity index (χ2n) is 9.84. The van der Waals surface area contributed by atoms with E-state index in [2.05, 4.69) is 11.7 Å². The molecule has 0 spiro atoms. The first kappa shape index (κ1) is 27.9. The van der Waals surface area contributed by atoms with E-state index in [9.17, 15) is 17.6 Å². The van der Waals surface area contributed by atoms with Crippen molar-refractivity contribution in [1.82, 2.24) is 0 Å². The van der Waals surface area contributed by atoms with Crippen LogP contribution in [0.15, 0.2) is 42.5 Å². The molecule has 2 nitrogen and oxygen atoms in total. The van der Waals surface area contributed by atoms with Crippen LogP contribution in [0, 0.1) is 36.1 Å². The highest BCUT2D eigenvalue weighted by molar-refractivity contribution is 5.72. The first-order valence-corrected chi connectivity index (χ1v) is 12.9. The number of ether oxygens (including phenoxy) is 2. The molecule has 38 heavy (non-hydrogen) atoms. The lowest BCUT2D eigenvalue weighted by molar-refractivity contribution is -0.0546. The molecular weight excluding hydrogens is 506 g/mol. The van der Waals surface area contributed by atoms with E-state index < -0.39 is 35.6 Å². The summed E-state index contributed by atoms with van der Waals surface area (Å²) < 4.78 is 94.5. The van der Waals surface area contributed by atoms with Crippen LogP contribution in [0.3, 0.4) is 0 Å². The molecule has 0 saturated heterocycles. The lowest BCUT2D eigenvalue weighted by atomic mass is 9.76. The van der Waals surface area contributed by atoms with Gasteiger partial charge in [-0.1, -0.05) is 44.4 Å². The number of alkyl halides is 2. The molecule has 0 N–H and O–H groups in total. The van der Waals surface area contributed by atoms with Crippen molar-refractivity contribution in [2.45, 2.75) is 71.3 Å². The van der Waals surface area contributed by atoms with Gasteiger partial charge in [-0.15, -0.1) is 0 Å². The largest absolute Gasteiger partial charge is 0.453 e. The maximum absolute atomic E-state index is 15.8. The van der Waals surface area contributed by atoms with Crippen LogP contribution in [0.2, 0.25) is 0 Å². The minimum atomic E-state index is -3.40. The molecule has 0 radical (unpaired) electrons. The normalized spacial score (nSPS) is 17.6. The zero-order chi connectivity index (χ0) is 27.4. The number of para-hydroxylation sites is 1. The van der Waals surface area contributed by atoms with Crippen LogP contribution in [0.25, 0.3) is 11.1 Å². The van der Waals surface area contributed by atoms with Gasteiger partial charge in [0.15, 0.2) is 29.0 Å². The van der Waals surface area contributed by atoms with E-state index in [1.807, 2.05) is 0 Å². The summed E-state index contributed by atoms with van der Waals surface area (Å²) in [6.07, 6.45) is 6.60. The van der Waals surface area contributed by atoms with Crippen molar-refractivity contribution in [2.24, 2.45) is 5.92 Å². The molecule has 0 aromatic heterocycles. The Bertz CT molecular complexity index is 1240. The van der Waals surface area contributed by atoms with Crippen molar-refractivity contribution in [2.75, 3.05) is 0 Å². The second kappa shape index (κ2) is 12.1. The Kier molecular flexibility index (Phi) is 8.90. The predicted octanol–water partition coefficient (Wildman–Crippen LogP) is 10.1. The van der Waals surface area contributed by atoms with Crippen LogP contribution in [-0.4, -0.2) is 6.61 Å². The third kappa shape index (κ3) is 6.11. The fourth-order valence-electron chi connectivity index (χ4n) is 5.29. The standard InChI is InChI=1S/C30H30F6O2/c1-3-4-7-18-10-12-19(13-11-18)26-22(31)14-17(2)28(27(26)34)37-25-9-6-5-8-21(25)20-15-23(32)29(24(33)16-20)38-30(35)36/h5-6,8-9,14-16,18-19,30H,3-4,7,10-13H2,1-2H3. The summed E-state index contributed by atoms with van der Waals surface area (Å²) >= 11 is 0. The molecule has 3 aromatic carbocycles. The number of rotatable bonds is 9. The Labute approximate surface area is 218 Å². The summed E-state index contributed by atoms with van der Waals surface area (Å²) in [6, 6.07) is 9.06. The molecule has 0 aliphatic heterocycles. The Morgan fingerprint density at radius 2 is 1.53 bits per heavy atom. The predicted molar refractivity (Wildman–Crippen MR) is 134 cm³/mol. The zero-order valence-corrected chi connectivity index (χ0v) is 21.3. The highest BCUT2D eigenvalue weighted by Crippen LogP contribution is 2.44. The molecule has 1 aliphatic carbocycles. The summed E-state index contributed by atoms with van der Waals surface area (Å²) in [7, 11) is 0. The lowest BCUT2D eigenvalue weighted by Gasteiger charge is -2.29. The monoisotopic (exact) mass is 536 g/mol. The number of halogens is 6. The fraction of sp³-hybridized carbons (Fsp3) is 0.400. The molecule has 1 aliphatic rings. The lowest BCUT2D eigenvalue weighted by Crippen LogP contribution is -2.16. The molecule has 0 atom stereocenters. The van der Waals surface area contributed by atoms with Crippen LogP contribution in [0.1, 0.15) is 68.9 Å². The molecule has 0 bridgehead atoms. The summed E-state index contributed by atoms with van der Waals surface area (Å²) in [4.78, 5) is 0. The van der Waals surface area contributed by atoms with Gasteiger partial charge in [-0.3, -0.25) is 0 Å². The van der Waals surface area contributed by atoms with Crippen molar-refractivity contribution in [1.29, 1.82) is 0 Å². The van der Waals surface area contributed by atoms with Gasteiger partial charge in [-0.25, -0.2) is 17.6 Å². The Morgan fingerprint density at radius 3 is 2.16 bits per heavy atom. The van der Waals surface area contributed by atoms with E-state index in [1.165, 1.54) is 25.1 Å². The quantitative estimate of drug-likeness (QED) is 0.253. The summed E-state index contributed by atoms with van der Waals surface area (Å²) in [5.41, 5.74) is 0.397. The highest BCUT2D eigenvalue weighted by Gasteiger charge is 2.29. The molecule has 1 saturated carbocycles. The van der Waals surface area contributed by atoms with Gasteiger partial charge in [0.25, 0.3) is 0 Å². The molecule has 0 amide bonds. The SMILES string of the molecule is CCCCC1CCC(c2c(F)cc(C)c(Oc3ccccc3-c3cc(F)c(OC(F)F)c(F)c3)c2F)CC1. The van der Waals surface area contributed by atoms with Gasteiger partial charge in [0, 0.05) is 11.1 Å². The Morgan fingerprint density at radius 1 is 0.868 bits per heavy atom. The number of hydrogen-bond donors (Lipinski definition) is 0. The molecule has 8 heteroatoms. The van der Waals surface area contributed by atoms with Crippen molar-refractivity contribution in [3.8, 4) is 28.4 Å². The number of aryl methyl sites for hydroxylation is 1. The van der Waals surface area contributed by atoms with E-state index in [0.717, 1.165) is 44.2 Å². The minimum absolute atomic E-state index is 0.00242. The smallest absolute Gasteiger partial charge is 0.387 e. The van der Waals surface area contributed by atoms with Crippen LogP contribution >= 0.6 is 0 Å². The first-order chi connectivity index (χ1) is 18.2. The van der Waals surface area contributed by atoms with E-state index in [4.69, 9.17) is 4.74 Å². The fourth-order valence-corrected chi connectivity index (χ4v) is 5.29. The van der Waals surface area contributed by atoms with Gasteiger partial charge in [0.05, 0.1) is 0 Å². The van der Waals surface area contributed by atoms with Gasteiger partial charge in [0.2, 0.25) is 0 Å². The molecule has 0 unspecified atom stereocenters. The summed E-state index contributed by atoms with van der Waals surface area (Å²) in [5, 5.41) is 0. The maximum Gasteiger partial charge on any atom is 0.387 e. The number of benzene rings is 3. The van der Waals surface area contributed by atoms with Crippen molar-refractivity contribution in [3.63, 3.8) is 0 Å². The number of hydrogen-bond acceptors (Lipinski definition) is 2. The third-order valence-corrected chi connectivity index (χ3v) is 7.23. The van der Waals surface area contributed by atoms with E-state index in [0.29, 0.717) is 18.8 Å². The summed E-state index contributed by atoms with van der Waals surface area (Å²) in [5.74, 6) is -5.04. The van der Waals surface area contributed by atoms with Gasteiger partial charge in [-0.05, 0) is 79.8 Å². The second-order valence-corrected chi connectivity index (χ2v) is 9.84. The van der Waals surface area contributed by atoms with Crippen molar-refractivity contribution >= 4 is 0 Å². The Balaban J connectivity index is 1.65. The van der Waals surface area contributed by atoms with Crippen LogP contribution in [-0.2, 0) is 0 Å². The van der Waals surface area contributed by atoms with E-state index in [1.54, 1.807) is 12.1 Å². The van der Waals surface area contributed by atoms with Gasteiger partial charge >= 0.3 is 6.61 Å². The molecule has 1 fully saturated rings. The Hall–Kier alpha value is -3.16. The third-order valence-electron chi connectivity index (χ3n) is 7.23. The average Bonchev–Trinajstić information content (AvgIpc) is 2.88. The minimum Gasteiger partial charge on any atom is -0.453 e. The van der Waals surface area contributed by atoms with Crippen LogP contribution in [0.5, 0.6) is 17.2 Å². The summed E-state index contributed by atoms with van der Waals surface area (Å²) in [6.45, 7) is 0.267. The molecular formula is C30H30F6O2. The van der Waals surface area contributed by atoms with Crippen molar-refractivity contribution < 1.29 is 35.8 Å². The van der Waals surface area contributed by atoms with Gasteiger partial charge in [0.1, 0.15) is 11.6 Å². The van der Waals surface area contributed by atoms with Crippen molar-refractivity contribution in [3.05, 3.63) is 76.9 Å². The average molecular weight is 537 g/mol.